The van der Waals surface area contributed by atoms with Gasteiger partial charge in [-0.1, -0.05) is 30.0 Å². The summed E-state index contributed by atoms with van der Waals surface area (Å²) in [5.41, 5.74) is 0.998. The van der Waals surface area contributed by atoms with E-state index < -0.39 is 5.76 Å². The van der Waals surface area contributed by atoms with Crippen molar-refractivity contribution < 1.29 is 13.2 Å². The van der Waals surface area contributed by atoms with Gasteiger partial charge in [0.1, 0.15) is 11.5 Å². The quantitative estimate of drug-likeness (QED) is 0.844. The highest BCUT2D eigenvalue weighted by atomic mass is 32.2. The van der Waals surface area contributed by atoms with Crippen LogP contribution in [0.1, 0.15) is 11.5 Å². The molecule has 0 atom stereocenters. The van der Waals surface area contributed by atoms with Crippen molar-refractivity contribution in [3.05, 3.63) is 54.0 Å². The largest absolute Gasteiger partial charge is 0.463 e. The van der Waals surface area contributed by atoms with Crippen LogP contribution in [0.3, 0.4) is 0 Å². The maximum absolute atomic E-state index is 12.0. The van der Waals surface area contributed by atoms with E-state index in [-0.39, 0.29) is 5.75 Å². The van der Waals surface area contributed by atoms with Crippen molar-refractivity contribution in [2.75, 3.05) is 5.32 Å². The highest BCUT2D eigenvalue weighted by molar-refractivity contribution is 7.98. The minimum atomic E-state index is -2.36. The van der Waals surface area contributed by atoms with Crippen LogP contribution in [-0.4, -0.2) is 5.76 Å². The van der Waals surface area contributed by atoms with Crippen molar-refractivity contribution in [2.24, 2.45) is 0 Å². The monoisotopic (exact) mass is 269 g/mol. The van der Waals surface area contributed by atoms with Gasteiger partial charge in [0.05, 0.1) is 12.3 Å². The molecule has 18 heavy (non-hydrogen) atoms. The second-order valence-electron chi connectivity index (χ2n) is 3.66. The molecule has 2 rings (SSSR count). The molecule has 0 saturated heterocycles. The van der Waals surface area contributed by atoms with Crippen molar-refractivity contribution in [1.29, 1.82) is 0 Å². The standard InChI is InChI=1S/C13H13F2NOS/c14-13(15)18-9-12-7-6-11(17-12)8-16-10-4-2-1-3-5-10/h1-7,13,16H,8-9H2. The number of hydrogen-bond acceptors (Lipinski definition) is 3. The smallest absolute Gasteiger partial charge is 0.284 e. The zero-order valence-corrected chi connectivity index (χ0v) is 10.4. The van der Waals surface area contributed by atoms with Gasteiger partial charge < -0.3 is 9.73 Å². The van der Waals surface area contributed by atoms with Gasteiger partial charge >= 0.3 is 0 Å². The van der Waals surface area contributed by atoms with Gasteiger partial charge in [-0.3, -0.25) is 0 Å². The summed E-state index contributed by atoms with van der Waals surface area (Å²) in [6.45, 7) is 0.545. The molecule has 0 aliphatic rings. The fourth-order valence-corrected chi connectivity index (χ4v) is 1.93. The lowest BCUT2D eigenvalue weighted by Gasteiger charge is -2.03. The Bertz CT molecular complexity index is 473. The Kier molecular flexibility index (Phi) is 4.64. The lowest BCUT2D eigenvalue weighted by atomic mass is 10.3. The zero-order chi connectivity index (χ0) is 12.8. The van der Waals surface area contributed by atoms with Crippen molar-refractivity contribution in [3.63, 3.8) is 0 Å². The number of hydrogen-bond donors (Lipinski definition) is 1. The van der Waals surface area contributed by atoms with E-state index in [9.17, 15) is 8.78 Å². The molecule has 0 amide bonds. The Labute approximate surface area is 108 Å². The van der Waals surface area contributed by atoms with Gasteiger partial charge in [-0.05, 0) is 24.3 Å². The summed E-state index contributed by atoms with van der Waals surface area (Å²) in [4.78, 5) is 0. The van der Waals surface area contributed by atoms with Crippen LogP contribution in [0.25, 0.3) is 0 Å². The van der Waals surface area contributed by atoms with Crippen LogP contribution in [0.15, 0.2) is 46.9 Å². The number of thioether (sulfide) groups is 1. The Morgan fingerprint density at radius 3 is 2.50 bits per heavy atom. The van der Waals surface area contributed by atoms with Gasteiger partial charge in [0.2, 0.25) is 0 Å². The molecule has 0 spiro atoms. The second kappa shape index (κ2) is 6.44. The summed E-state index contributed by atoms with van der Waals surface area (Å²) >= 11 is 0.565. The van der Waals surface area contributed by atoms with Crippen LogP contribution in [0, 0.1) is 0 Å². The summed E-state index contributed by atoms with van der Waals surface area (Å²) < 4.78 is 29.5. The van der Waals surface area contributed by atoms with Gasteiger partial charge in [0.15, 0.2) is 0 Å². The Morgan fingerprint density at radius 2 is 1.78 bits per heavy atom. The lowest BCUT2D eigenvalue weighted by molar-refractivity contribution is 0.251. The Balaban J connectivity index is 1.83. The Hall–Kier alpha value is -1.49. The molecule has 0 saturated carbocycles. The highest BCUT2D eigenvalue weighted by Crippen LogP contribution is 2.21. The molecule has 1 aromatic heterocycles. The van der Waals surface area contributed by atoms with E-state index in [2.05, 4.69) is 5.32 Å². The maximum Gasteiger partial charge on any atom is 0.284 e. The van der Waals surface area contributed by atoms with Crippen LogP contribution >= 0.6 is 11.8 Å². The molecule has 96 valence electrons. The van der Waals surface area contributed by atoms with Gasteiger partial charge in [0.25, 0.3) is 5.76 Å². The van der Waals surface area contributed by atoms with E-state index in [1.165, 1.54) is 0 Å². The van der Waals surface area contributed by atoms with E-state index in [1.54, 1.807) is 12.1 Å². The molecular formula is C13H13F2NOS. The van der Waals surface area contributed by atoms with Crippen molar-refractivity contribution in [3.8, 4) is 0 Å². The molecule has 2 aromatic rings. The van der Waals surface area contributed by atoms with Crippen LogP contribution in [0.2, 0.25) is 0 Å². The van der Waals surface area contributed by atoms with E-state index in [0.29, 0.717) is 24.1 Å². The first kappa shape index (κ1) is 13.0. The van der Waals surface area contributed by atoms with Crippen LogP contribution in [0.5, 0.6) is 0 Å². The number of halogens is 2. The van der Waals surface area contributed by atoms with Gasteiger partial charge in [-0.25, -0.2) is 0 Å². The molecule has 0 aliphatic carbocycles. The molecule has 1 aromatic carbocycles. The third-order valence-electron chi connectivity index (χ3n) is 2.31. The Morgan fingerprint density at radius 1 is 1.06 bits per heavy atom. The minimum Gasteiger partial charge on any atom is -0.463 e. The predicted octanol–water partition coefficient (Wildman–Crippen LogP) is 4.35. The molecule has 1 heterocycles. The summed E-state index contributed by atoms with van der Waals surface area (Å²) in [5, 5.41) is 3.19. The van der Waals surface area contributed by atoms with Crippen molar-refractivity contribution >= 4 is 17.4 Å². The van der Waals surface area contributed by atoms with E-state index in [1.807, 2.05) is 30.3 Å². The van der Waals surface area contributed by atoms with Crippen molar-refractivity contribution in [1.82, 2.24) is 0 Å². The molecule has 0 fully saturated rings. The molecule has 0 aliphatic heterocycles. The SMILES string of the molecule is FC(F)SCc1ccc(CNc2ccccc2)o1. The summed E-state index contributed by atoms with van der Waals surface area (Å²) in [7, 11) is 0. The minimum absolute atomic E-state index is 0.197. The number of nitrogens with one attached hydrogen (secondary N) is 1. The van der Waals surface area contributed by atoms with E-state index >= 15 is 0 Å². The number of alkyl halides is 2. The molecule has 2 nitrogen and oxygen atoms in total. The van der Waals surface area contributed by atoms with Gasteiger partial charge in [-0.2, -0.15) is 8.78 Å². The summed E-state index contributed by atoms with van der Waals surface area (Å²) in [6, 6.07) is 13.3. The number of rotatable bonds is 6. The number of anilines is 1. The number of benzene rings is 1. The number of furan rings is 1. The van der Waals surface area contributed by atoms with Gasteiger partial charge in [0, 0.05) is 5.69 Å². The maximum atomic E-state index is 12.0. The fourth-order valence-electron chi connectivity index (χ4n) is 1.49. The van der Waals surface area contributed by atoms with Crippen LogP contribution in [-0.2, 0) is 12.3 Å². The average molecular weight is 269 g/mol. The summed E-state index contributed by atoms with van der Waals surface area (Å²) in [6.07, 6.45) is 0. The van der Waals surface area contributed by atoms with Crippen molar-refractivity contribution in [2.45, 2.75) is 18.1 Å². The predicted molar refractivity (Wildman–Crippen MR) is 69.8 cm³/mol. The average Bonchev–Trinajstić information content (AvgIpc) is 2.83. The highest BCUT2D eigenvalue weighted by Gasteiger charge is 2.07. The molecule has 0 radical (unpaired) electrons. The lowest BCUT2D eigenvalue weighted by Crippen LogP contribution is -1.97. The molecule has 1 N–H and O–H groups in total. The fraction of sp³-hybridized carbons (Fsp3) is 0.231. The van der Waals surface area contributed by atoms with E-state index in [4.69, 9.17) is 4.42 Å². The topological polar surface area (TPSA) is 25.2 Å². The van der Waals surface area contributed by atoms with E-state index in [0.717, 1.165) is 11.4 Å². The first-order chi connectivity index (χ1) is 8.74. The molecule has 5 heteroatoms. The third kappa shape index (κ3) is 4.07. The first-order valence-corrected chi connectivity index (χ1v) is 6.55. The van der Waals surface area contributed by atoms with Gasteiger partial charge in [-0.15, -0.1) is 0 Å². The molecule has 0 unspecified atom stereocenters. The molecule has 0 bridgehead atoms. The third-order valence-corrected chi connectivity index (χ3v) is 3.01. The van der Waals surface area contributed by atoms with Crippen LogP contribution in [0.4, 0.5) is 14.5 Å². The second-order valence-corrected chi connectivity index (χ2v) is 4.64. The first-order valence-electron chi connectivity index (χ1n) is 5.50. The normalized spacial score (nSPS) is 10.8. The zero-order valence-electron chi connectivity index (χ0n) is 9.61. The molecular weight excluding hydrogens is 256 g/mol. The van der Waals surface area contributed by atoms with Crippen LogP contribution < -0.4 is 5.32 Å². The number of para-hydroxylation sites is 1. The summed E-state index contributed by atoms with van der Waals surface area (Å²) in [5.74, 6) is -0.849.